The predicted molar refractivity (Wildman–Crippen MR) is 104 cm³/mol. The number of nitrogens with zero attached hydrogens (tertiary/aromatic N) is 3. The zero-order valence-corrected chi connectivity index (χ0v) is 17.1. The average Bonchev–Trinajstić information content (AvgIpc) is 2.55. The minimum atomic E-state index is -0.893. The number of nitrogens with one attached hydrogen (secondary N) is 2. The van der Waals surface area contributed by atoms with Crippen molar-refractivity contribution in [2.75, 3.05) is 19.6 Å². The van der Waals surface area contributed by atoms with E-state index >= 15 is 0 Å². The van der Waals surface area contributed by atoms with Crippen LogP contribution >= 0.6 is 0 Å². The van der Waals surface area contributed by atoms with Crippen LogP contribution in [-0.2, 0) is 9.53 Å². The van der Waals surface area contributed by atoms with Crippen molar-refractivity contribution < 1.29 is 19.4 Å². The maximum atomic E-state index is 12.9. The summed E-state index contributed by atoms with van der Waals surface area (Å²) in [6.07, 6.45) is 1.99. The number of carbonyl (C=O) groups excluding carboxylic acids is 2. The second-order valence-corrected chi connectivity index (χ2v) is 8.00. The third kappa shape index (κ3) is 9.38. The number of alkyl carbamates (subject to hydrolysis) is 1. The molecule has 1 atom stereocenters. The van der Waals surface area contributed by atoms with Crippen molar-refractivity contribution in [2.45, 2.75) is 65.0 Å². The fraction of sp³-hybridized carbons (Fsp3) is 0.824. The molecule has 0 unspecified atom stereocenters. The number of likely N-dealkylation sites (tertiary alicyclic amines) is 1. The van der Waals surface area contributed by atoms with Crippen molar-refractivity contribution >= 4 is 18.0 Å². The van der Waals surface area contributed by atoms with E-state index in [1.54, 1.807) is 25.7 Å². The predicted octanol–water partition coefficient (Wildman–Crippen LogP) is 1.01. The highest BCUT2D eigenvalue weighted by Gasteiger charge is 2.29. The average molecular weight is 400 g/mol. The molecule has 1 aliphatic rings. The number of hydrazone groups is 1. The van der Waals surface area contributed by atoms with E-state index in [1.807, 2.05) is 0 Å². The minimum absolute atomic E-state index is 0.148. The first-order valence-electron chi connectivity index (χ1n) is 9.48. The van der Waals surface area contributed by atoms with E-state index in [1.165, 1.54) is 0 Å². The zero-order chi connectivity index (χ0) is 21.3. The van der Waals surface area contributed by atoms with E-state index in [9.17, 15) is 19.7 Å². The van der Waals surface area contributed by atoms with Crippen LogP contribution in [0.15, 0.2) is 5.10 Å². The largest absolute Gasteiger partial charge is 0.444 e. The number of guanidine groups is 1. The Morgan fingerprint density at radius 3 is 2.50 bits per heavy atom. The molecule has 0 aromatic heterocycles. The molecule has 160 valence electrons. The lowest BCUT2D eigenvalue weighted by Gasteiger charge is -2.33. The van der Waals surface area contributed by atoms with Gasteiger partial charge in [0.1, 0.15) is 16.7 Å². The van der Waals surface area contributed by atoms with Gasteiger partial charge in [0.05, 0.1) is 0 Å². The Hall–Kier alpha value is -2.59. The summed E-state index contributed by atoms with van der Waals surface area (Å²) in [6, 6.07) is -0.737. The molecule has 1 heterocycles. The van der Waals surface area contributed by atoms with Gasteiger partial charge in [-0.05, 0) is 52.4 Å². The van der Waals surface area contributed by atoms with Gasteiger partial charge in [-0.25, -0.2) is 14.9 Å². The number of piperidine rings is 1. The summed E-state index contributed by atoms with van der Waals surface area (Å²) in [6.45, 7) is 8.99. The van der Waals surface area contributed by atoms with Crippen molar-refractivity contribution in [2.24, 2.45) is 16.8 Å². The summed E-state index contributed by atoms with van der Waals surface area (Å²) in [5.41, 5.74) is 4.69. The molecule has 1 saturated heterocycles. The van der Waals surface area contributed by atoms with Crippen LogP contribution in [0.25, 0.3) is 0 Å². The number of rotatable bonds is 7. The number of hydrogen-bond acceptors (Lipinski definition) is 5. The summed E-state index contributed by atoms with van der Waals surface area (Å²) in [5.74, 6) is 0.122. The fourth-order valence-electron chi connectivity index (χ4n) is 2.80. The van der Waals surface area contributed by atoms with Gasteiger partial charge in [0.25, 0.3) is 5.96 Å². The number of hydrogen-bond donors (Lipinski definition) is 3. The van der Waals surface area contributed by atoms with Crippen LogP contribution in [0.5, 0.6) is 0 Å². The van der Waals surface area contributed by atoms with Gasteiger partial charge in [0.2, 0.25) is 5.91 Å². The Balaban J connectivity index is 2.65. The lowest BCUT2D eigenvalue weighted by Crippen LogP contribution is -2.51. The Kier molecular flexibility index (Phi) is 8.93. The molecule has 1 fully saturated rings. The topological polar surface area (TPSA) is 152 Å². The first kappa shape index (κ1) is 23.4. The van der Waals surface area contributed by atoms with Crippen LogP contribution in [0.3, 0.4) is 0 Å². The number of nitrogens with two attached hydrogens (primary N) is 1. The van der Waals surface area contributed by atoms with Crippen molar-refractivity contribution in [1.82, 2.24) is 15.5 Å². The van der Waals surface area contributed by atoms with E-state index in [0.717, 1.165) is 12.8 Å². The Bertz CT molecular complexity index is 581. The van der Waals surface area contributed by atoms with Gasteiger partial charge < -0.3 is 26.0 Å². The lowest BCUT2D eigenvalue weighted by molar-refractivity contribution is -0.485. The molecule has 11 nitrogen and oxygen atoms in total. The normalized spacial score (nSPS) is 17.0. The highest BCUT2D eigenvalue weighted by molar-refractivity contribution is 5.85. The summed E-state index contributed by atoms with van der Waals surface area (Å²) in [7, 11) is 0. The Morgan fingerprint density at radius 1 is 1.36 bits per heavy atom. The van der Waals surface area contributed by atoms with E-state index in [2.05, 4.69) is 22.7 Å². The maximum Gasteiger partial charge on any atom is 0.408 e. The number of amides is 2. The molecule has 0 saturated carbocycles. The van der Waals surface area contributed by atoms with Crippen molar-refractivity contribution in [3.05, 3.63) is 10.1 Å². The highest BCUT2D eigenvalue weighted by atomic mass is 16.7. The third-order valence-electron chi connectivity index (χ3n) is 4.25. The van der Waals surface area contributed by atoms with Crippen molar-refractivity contribution in [1.29, 1.82) is 0 Å². The molecule has 0 radical (unpaired) electrons. The highest BCUT2D eigenvalue weighted by Crippen LogP contribution is 2.18. The number of nitro groups is 1. The third-order valence-corrected chi connectivity index (χ3v) is 4.25. The van der Waals surface area contributed by atoms with Crippen LogP contribution in [0.1, 0.15) is 53.4 Å². The van der Waals surface area contributed by atoms with E-state index in [0.29, 0.717) is 31.8 Å². The smallest absolute Gasteiger partial charge is 0.408 e. The fourth-order valence-corrected chi connectivity index (χ4v) is 2.80. The quantitative estimate of drug-likeness (QED) is 0.190. The van der Waals surface area contributed by atoms with E-state index in [4.69, 9.17) is 10.5 Å². The monoisotopic (exact) mass is 400 g/mol. The second kappa shape index (κ2) is 10.7. The Morgan fingerprint density at radius 2 is 1.96 bits per heavy atom. The standard InChI is InChI=1S/C17H32N6O5/c1-12-7-10-22(11-8-12)14(24)13(20-16(25)28-17(2,3)4)6-5-9-19-15(18)21-23(26)27/h12-13H,5-11H2,1-4H3,(H,20,25)(H3,18,19,21)/t13-/m1/s1. The van der Waals surface area contributed by atoms with Crippen LogP contribution in [0.4, 0.5) is 4.79 Å². The van der Waals surface area contributed by atoms with Crippen LogP contribution in [-0.4, -0.2) is 59.2 Å². The summed E-state index contributed by atoms with van der Waals surface area (Å²) in [4.78, 5) is 37.0. The molecule has 0 aromatic rings. The maximum absolute atomic E-state index is 12.9. The molecule has 2 amide bonds. The lowest BCUT2D eigenvalue weighted by atomic mass is 9.98. The van der Waals surface area contributed by atoms with Gasteiger partial charge in [-0.2, -0.15) is 0 Å². The number of carbonyl (C=O) groups is 2. The van der Waals surface area contributed by atoms with Gasteiger partial charge in [-0.1, -0.05) is 6.92 Å². The van der Waals surface area contributed by atoms with Gasteiger partial charge in [0.15, 0.2) is 5.03 Å². The van der Waals surface area contributed by atoms with Crippen LogP contribution < -0.4 is 16.4 Å². The van der Waals surface area contributed by atoms with Gasteiger partial charge in [-0.3, -0.25) is 4.79 Å². The molecule has 0 spiro atoms. The van der Waals surface area contributed by atoms with Crippen LogP contribution in [0.2, 0.25) is 0 Å². The second-order valence-electron chi connectivity index (χ2n) is 8.00. The van der Waals surface area contributed by atoms with Crippen LogP contribution in [0, 0.1) is 16.0 Å². The molecule has 0 aromatic carbocycles. The van der Waals surface area contributed by atoms with Crippen molar-refractivity contribution in [3.63, 3.8) is 0 Å². The summed E-state index contributed by atoms with van der Waals surface area (Å²) < 4.78 is 5.26. The van der Waals surface area contributed by atoms with E-state index < -0.39 is 22.8 Å². The molecular weight excluding hydrogens is 368 g/mol. The molecule has 0 aliphatic carbocycles. The minimum Gasteiger partial charge on any atom is -0.444 e. The molecule has 28 heavy (non-hydrogen) atoms. The van der Waals surface area contributed by atoms with E-state index in [-0.39, 0.29) is 18.4 Å². The molecule has 0 bridgehead atoms. The first-order valence-corrected chi connectivity index (χ1v) is 9.48. The number of ether oxygens (including phenoxy) is 1. The zero-order valence-electron chi connectivity index (χ0n) is 17.1. The SMILES string of the molecule is CC1CCN(C(=O)[C@@H](CCCN/C(N)=N/[N+](=O)[O-])NC(=O)OC(C)(C)C)CC1. The van der Waals surface area contributed by atoms with Crippen molar-refractivity contribution in [3.8, 4) is 0 Å². The van der Waals surface area contributed by atoms with Gasteiger partial charge >= 0.3 is 6.09 Å². The molecular formula is C17H32N6O5. The van der Waals surface area contributed by atoms with Gasteiger partial charge in [-0.15, -0.1) is 0 Å². The Labute approximate surface area is 165 Å². The first-order chi connectivity index (χ1) is 13.0. The molecule has 1 aliphatic heterocycles. The summed E-state index contributed by atoms with van der Waals surface area (Å²) in [5, 5.41) is 17.6. The molecule has 11 heteroatoms. The molecule has 4 N–H and O–H groups in total. The van der Waals surface area contributed by atoms with Gasteiger partial charge in [0, 0.05) is 19.6 Å². The molecule has 1 rings (SSSR count). The summed E-state index contributed by atoms with van der Waals surface area (Å²) >= 11 is 0.